The molecule has 0 aliphatic carbocycles. The molecule has 0 amide bonds. The second kappa shape index (κ2) is 11.1. The first-order chi connectivity index (χ1) is 17.6. The molecule has 0 bridgehead atoms. The van der Waals surface area contributed by atoms with Crippen LogP contribution in [0, 0.1) is 0 Å². The molecule has 4 nitrogen and oxygen atoms in total. The van der Waals surface area contributed by atoms with Gasteiger partial charge in [-0.25, -0.2) is 4.79 Å². The van der Waals surface area contributed by atoms with Crippen molar-refractivity contribution in [1.29, 1.82) is 0 Å². The van der Waals surface area contributed by atoms with Gasteiger partial charge in [0.25, 0.3) is 0 Å². The molecule has 0 atom stereocenters. The second-order valence-electron chi connectivity index (χ2n) is 8.41. The summed E-state index contributed by atoms with van der Waals surface area (Å²) in [5, 5.41) is 0.347. The number of alkyl halides is 3. The smallest absolute Gasteiger partial charge is 0.417 e. The number of rotatable bonds is 8. The van der Waals surface area contributed by atoms with Crippen LogP contribution in [-0.4, -0.2) is 17.1 Å². The van der Waals surface area contributed by atoms with E-state index in [9.17, 15) is 18.0 Å². The molecular weight excluding hydrogens is 526 g/mol. The topological polar surface area (TPSA) is 40.5 Å². The van der Waals surface area contributed by atoms with Crippen molar-refractivity contribution in [3.05, 3.63) is 87.5 Å². The lowest BCUT2D eigenvalue weighted by Gasteiger charge is -2.14. The van der Waals surface area contributed by atoms with Crippen LogP contribution in [-0.2, 0) is 17.3 Å². The highest BCUT2D eigenvalue weighted by molar-refractivity contribution is 6.31. The van der Waals surface area contributed by atoms with E-state index in [1.54, 1.807) is 29.7 Å². The maximum absolute atomic E-state index is 13.5. The third-order valence-electron chi connectivity index (χ3n) is 5.83. The number of ether oxygens (including phenoxy) is 2. The minimum absolute atomic E-state index is 0.0291. The number of aromatic nitrogens is 1. The Morgan fingerprint density at radius 1 is 0.973 bits per heavy atom. The van der Waals surface area contributed by atoms with E-state index in [0.717, 1.165) is 37.0 Å². The lowest BCUT2D eigenvalue weighted by Crippen LogP contribution is -2.12. The Kier molecular flexibility index (Phi) is 8.05. The lowest BCUT2D eigenvalue weighted by atomic mass is 10.1. The number of aryl methyl sites for hydroxylation is 1. The Morgan fingerprint density at radius 2 is 1.70 bits per heavy atom. The van der Waals surface area contributed by atoms with Gasteiger partial charge in [0.2, 0.25) is 0 Å². The number of carbonyl (C=O) groups excluding carboxylic acids is 1. The van der Waals surface area contributed by atoms with Gasteiger partial charge in [0.1, 0.15) is 5.75 Å². The number of hydrogen-bond acceptors (Lipinski definition) is 3. The number of esters is 1. The molecule has 0 aliphatic heterocycles. The standard InChI is InChI=1S/C28H24Cl2F3NO3/c1-3-5-6-17-7-10-19(11-8-17)34-24-14-9-18(29)15-21(24)26(25(34)27(35)36-4-2)37-20-12-13-23(30)22(16-20)28(31,32)33/h7-16H,3-6H2,1-2H3. The molecule has 0 fully saturated rings. The maximum Gasteiger partial charge on any atom is 0.417 e. The third-order valence-corrected chi connectivity index (χ3v) is 6.39. The first kappa shape index (κ1) is 26.9. The Morgan fingerprint density at radius 3 is 2.35 bits per heavy atom. The van der Waals surface area contributed by atoms with E-state index in [0.29, 0.717) is 21.6 Å². The van der Waals surface area contributed by atoms with Crippen LogP contribution in [0.4, 0.5) is 13.2 Å². The van der Waals surface area contributed by atoms with Crippen LogP contribution in [0.2, 0.25) is 10.0 Å². The van der Waals surface area contributed by atoms with Crippen molar-refractivity contribution < 1.29 is 27.4 Å². The van der Waals surface area contributed by atoms with Gasteiger partial charge in [0, 0.05) is 16.1 Å². The fourth-order valence-corrected chi connectivity index (χ4v) is 4.48. The molecule has 3 aromatic carbocycles. The van der Waals surface area contributed by atoms with E-state index in [-0.39, 0.29) is 23.8 Å². The normalized spacial score (nSPS) is 11.6. The summed E-state index contributed by atoms with van der Waals surface area (Å²) in [6.45, 7) is 3.88. The first-order valence-corrected chi connectivity index (χ1v) is 12.5. The summed E-state index contributed by atoms with van der Waals surface area (Å²) in [6, 6.07) is 15.9. The SMILES string of the molecule is CCCCc1ccc(-n2c(C(=O)OCC)c(Oc3ccc(Cl)c(C(F)(F)F)c3)c3cc(Cl)ccc32)cc1. The molecule has 0 spiro atoms. The quantitative estimate of drug-likeness (QED) is 0.205. The summed E-state index contributed by atoms with van der Waals surface area (Å²) in [5.41, 5.74) is 1.38. The van der Waals surface area contributed by atoms with Crippen molar-refractivity contribution in [3.63, 3.8) is 0 Å². The van der Waals surface area contributed by atoms with Gasteiger partial charge < -0.3 is 14.0 Å². The van der Waals surface area contributed by atoms with E-state index >= 15 is 0 Å². The number of carbonyl (C=O) groups is 1. The van der Waals surface area contributed by atoms with Gasteiger partial charge in [-0.3, -0.25) is 0 Å². The monoisotopic (exact) mass is 549 g/mol. The van der Waals surface area contributed by atoms with Gasteiger partial charge in [-0.1, -0.05) is 48.7 Å². The van der Waals surface area contributed by atoms with Crippen LogP contribution in [0.1, 0.15) is 48.3 Å². The fourth-order valence-electron chi connectivity index (χ4n) is 4.09. The molecule has 0 aliphatic rings. The van der Waals surface area contributed by atoms with Crippen LogP contribution >= 0.6 is 23.2 Å². The van der Waals surface area contributed by atoms with Gasteiger partial charge >= 0.3 is 12.1 Å². The Labute approximate surface area is 222 Å². The van der Waals surface area contributed by atoms with Crippen molar-refractivity contribution >= 4 is 40.1 Å². The molecule has 0 saturated heterocycles. The van der Waals surface area contributed by atoms with Crippen LogP contribution in [0.5, 0.6) is 11.5 Å². The molecule has 0 radical (unpaired) electrons. The summed E-state index contributed by atoms with van der Waals surface area (Å²) in [6.07, 6.45) is -1.64. The van der Waals surface area contributed by atoms with Gasteiger partial charge in [-0.15, -0.1) is 0 Å². The fraction of sp³-hybridized carbons (Fsp3) is 0.250. The number of benzene rings is 3. The van der Waals surface area contributed by atoms with E-state index in [4.69, 9.17) is 32.7 Å². The molecule has 0 saturated carbocycles. The van der Waals surface area contributed by atoms with Gasteiger partial charge in [0.15, 0.2) is 11.4 Å². The highest BCUT2D eigenvalue weighted by atomic mass is 35.5. The van der Waals surface area contributed by atoms with Crippen LogP contribution < -0.4 is 4.74 Å². The average Bonchev–Trinajstić information content (AvgIpc) is 3.17. The van der Waals surface area contributed by atoms with E-state index in [2.05, 4.69) is 6.92 Å². The summed E-state index contributed by atoms with van der Waals surface area (Å²) in [5.74, 6) is -0.803. The molecule has 9 heteroatoms. The lowest BCUT2D eigenvalue weighted by molar-refractivity contribution is -0.137. The molecule has 4 rings (SSSR count). The summed E-state index contributed by atoms with van der Waals surface area (Å²) in [7, 11) is 0. The minimum Gasteiger partial charge on any atom is -0.461 e. The van der Waals surface area contributed by atoms with Crippen molar-refractivity contribution in [2.45, 2.75) is 39.3 Å². The van der Waals surface area contributed by atoms with E-state index in [1.165, 1.54) is 6.07 Å². The minimum atomic E-state index is -4.68. The number of nitrogens with zero attached hydrogens (tertiary/aromatic N) is 1. The Balaban J connectivity index is 1.93. The highest BCUT2D eigenvalue weighted by Gasteiger charge is 2.34. The maximum atomic E-state index is 13.5. The number of halogens is 5. The largest absolute Gasteiger partial charge is 0.461 e. The molecular formula is C28H24Cl2F3NO3. The van der Waals surface area contributed by atoms with Gasteiger partial charge in [-0.2, -0.15) is 13.2 Å². The molecule has 0 unspecified atom stereocenters. The number of unbranched alkanes of at least 4 members (excludes halogenated alkanes) is 1. The zero-order valence-corrected chi connectivity index (χ0v) is 21.7. The summed E-state index contributed by atoms with van der Waals surface area (Å²) < 4.78 is 53.4. The zero-order valence-electron chi connectivity index (χ0n) is 20.2. The molecule has 4 aromatic rings. The van der Waals surface area contributed by atoms with Crippen LogP contribution in [0.25, 0.3) is 16.6 Å². The van der Waals surface area contributed by atoms with E-state index < -0.39 is 22.7 Å². The number of fused-ring (bicyclic) bond motifs is 1. The third kappa shape index (κ3) is 5.73. The second-order valence-corrected chi connectivity index (χ2v) is 9.25. The van der Waals surface area contributed by atoms with Crippen molar-refractivity contribution in [2.24, 2.45) is 0 Å². The van der Waals surface area contributed by atoms with E-state index in [1.807, 2.05) is 24.3 Å². The zero-order chi connectivity index (χ0) is 26.7. The predicted octanol–water partition coefficient (Wildman–Crippen LogP) is 9.27. The average molecular weight is 550 g/mol. The Bertz CT molecular complexity index is 1430. The van der Waals surface area contributed by atoms with Crippen molar-refractivity contribution in [3.8, 4) is 17.2 Å². The molecule has 1 aromatic heterocycles. The summed E-state index contributed by atoms with van der Waals surface area (Å²) in [4.78, 5) is 13.2. The Hall–Kier alpha value is -3.16. The molecule has 194 valence electrons. The van der Waals surface area contributed by atoms with Gasteiger partial charge in [-0.05, 0) is 73.9 Å². The molecule has 0 N–H and O–H groups in total. The van der Waals surface area contributed by atoms with Gasteiger partial charge in [0.05, 0.1) is 22.7 Å². The molecule has 1 heterocycles. The highest BCUT2D eigenvalue weighted by Crippen LogP contribution is 2.42. The number of hydrogen-bond donors (Lipinski definition) is 0. The van der Waals surface area contributed by atoms with Crippen LogP contribution in [0.15, 0.2) is 60.7 Å². The molecule has 37 heavy (non-hydrogen) atoms. The van der Waals surface area contributed by atoms with Crippen molar-refractivity contribution in [1.82, 2.24) is 4.57 Å². The summed E-state index contributed by atoms with van der Waals surface area (Å²) >= 11 is 12.0. The first-order valence-electron chi connectivity index (χ1n) is 11.8. The predicted molar refractivity (Wildman–Crippen MR) is 139 cm³/mol. The van der Waals surface area contributed by atoms with Crippen LogP contribution in [0.3, 0.4) is 0 Å². The van der Waals surface area contributed by atoms with Crippen molar-refractivity contribution in [2.75, 3.05) is 6.61 Å².